The van der Waals surface area contributed by atoms with Gasteiger partial charge in [-0.05, 0) is 67.9 Å². The van der Waals surface area contributed by atoms with Crippen LogP contribution in [0.2, 0.25) is 0 Å². The van der Waals surface area contributed by atoms with Gasteiger partial charge in [0.15, 0.2) is 0 Å². The molecule has 5 unspecified atom stereocenters. The van der Waals surface area contributed by atoms with Crippen molar-refractivity contribution in [2.45, 2.75) is 38.3 Å². The quantitative estimate of drug-likeness (QED) is 0.622. The molecule has 5 N–H and O–H groups in total. The summed E-state index contributed by atoms with van der Waals surface area (Å²) >= 11 is 0. The number of carbonyl (C=O) groups excluding carboxylic acids is 2. The zero-order chi connectivity index (χ0) is 20.4. The number of benzene rings is 2. The molecule has 0 heterocycles. The SMILES string of the molecule is CC(NC(=O)C1C2CCC(C2)C1N)c1ccc(NC(=O)Nc2ccccc2)cc1. The molecule has 2 aromatic carbocycles. The number of hydrogen-bond acceptors (Lipinski definition) is 3. The van der Waals surface area contributed by atoms with Crippen molar-refractivity contribution in [2.75, 3.05) is 10.6 Å². The second-order valence-corrected chi connectivity index (χ2v) is 8.23. The molecule has 0 saturated heterocycles. The van der Waals surface area contributed by atoms with Gasteiger partial charge < -0.3 is 21.7 Å². The first-order chi connectivity index (χ1) is 14.0. The molecule has 3 amide bonds. The van der Waals surface area contributed by atoms with Crippen molar-refractivity contribution < 1.29 is 9.59 Å². The van der Waals surface area contributed by atoms with E-state index in [4.69, 9.17) is 5.73 Å². The fourth-order valence-electron chi connectivity index (χ4n) is 4.79. The van der Waals surface area contributed by atoms with Crippen molar-refractivity contribution in [1.29, 1.82) is 0 Å². The van der Waals surface area contributed by atoms with E-state index in [0.29, 0.717) is 17.5 Å². The third kappa shape index (κ3) is 4.27. The number of anilines is 2. The maximum atomic E-state index is 12.8. The highest BCUT2D eigenvalue weighted by Crippen LogP contribution is 2.47. The second kappa shape index (κ2) is 8.25. The van der Waals surface area contributed by atoms with E-state index in [0.717, 1.165) is 30.5 Å². The first-order valence-electron chi connectivity index (χ1n) is 10.3. The number of hydrogen-bond donors (Lipinski definition) is 4. The van der Waals surface area contributed by atoms with Gasteiger partial charge in [-0.1, -0.05) is 30.3 Å². The minimum Gasteiger partial charge on any atom is -0.349 e. The van der Waals surface area contributed by atoms with Crippen LogP contribution in [-0.4, -0.2) is 18.0 Å². The van der Waals surface area contributed by atoms with Crippen molar-refractivity contribution >= 4 is 23.3 Å². The van der Waals surface area contributed by atoms with E-state index in [1.54, 1.807) is 0 Å². The lowest BCUT2D eigenvalue weighted by atomic mass is 9.84. The van der Waals surface area contributed by atoms with Crippen molar-refractivity contribution in [2.24, 2.45) is 23.5 Å². The van der Waals surface area contributed by atoms with E-state index in [1.165, 1.54) is 0 Å². The van der Waals surface area contributed by atoms with E-state index in [2.05, 4.69) is 16.0 Å². The Morgan fingerprint density at radius 3 is 2.17 bits per heavy atom. The standard InChI is InChI=1S/C23H28N4O2/c1-14(25-22(28)20-16-7-8-17(13-16)21(20)24)15-9-11-19(12-10-15)27-23(29)26-18-5-3-2-4-6-18/h2-6,9-12,14,16-17,20-21H,7-8,13,24H2,1H3,(H,25,28)(H2,26,27,29). The zero-order valence-corrected chi connectivity index (χ0v) is 16.6. The second-order valence-electron chi connectivity index (χ2n) is 8.23. The van der Waals surface area contributed by atoms with E-state index >= 15 is 0 Å². The molecule has 29 heavy (non-hydrogen) atoms. The highest BCUT2D eigenvalue weighted by molar-refractivity contribution is 5.99. The summed E-state index contributed by atoms with van der Waals surface area (Å²) in [6.45, 7) is 1.97. The Hall–Kier alpha value is -2.86. The Morgan fingerprint density at radius 2 is 1.55 bits per heavy atom. The number of para-hydroxylation sites is 1. The molecule has 2 aliphatic rings. The maximum absolute atomic E-state index is 12.8. The molecule has 2 aromatic rings. The number of nitrogens with one attached hydrogen (secondary N) is 3. The number of nitrogens with two attached hydrogens (primary N) is 1. The van der Waals surface area contributed by atoms with Crippen LogP contribution in [0.1, 0.15) is 37.8 Å². The van der Waals surface area contributed by atoms with Crippen LogP contribution in [0.4, 0.5) is 16.2 Å². The third-order valence-electron chi connectivity index (χ3n) is 6.34. The van der Waals surface area contributed by atoms with Gasteiger partial charge in [0.25, 0.3) is 0 Å². The van der Waals surface area contributed by atoms with E-state index < -0.39 is 0 Å². The van der Waals surface area contributed by atoms with E-state index in [9.17, 15) is 9.59 Å². The van der Waals surface area contributed by atoms with Gasteiger partial charge in [-0.25, -0.2) is 4.79 Å². The van der Waals surface area contributed by atoms with Crippen LogP contribution < -0.4 is 21.7 Å². The molecular formula is C23H28N4O2. The lowest BCUT2D eigenvalue weighted by Gasteiger charge is -2.28. The van der Waals surface area contributed by atoms with Crippen LogP contribution in [0.5, 0.6) is 0 Å². The first-order valence-corrected chi connectivity index (χ1v) is 10.3. The molecule has 6 nitrogen and oxygen atoms in total. The normalized spacial score (nSPS) is 26.0. The Morgan fingerprint density at radius 1 is 0.931 bits per heavy atom. The zero-order valence-electron chi connectivity index (χ0n) is 16.6. The van der Waals surface area contributed by atoms with Crippen LogP contribution >= 0.6 is 0 Å². The molecule has 0 aliphatic heterocycles. The molecule has 2 aliphatic carbocycles. The Bertz CT molecular complexity index is 866. The smallest absolute Gasteiger partial charge is 0.323 e. The van der Waals surface area contributed by atoms with Crippen molar-refractivity contribution in [3.8, 4) is 0 Å². The van der Waals surface area contributed by atoms with Gasteiger partial charge in [0, 0.05) is 17.4 Å². The molecular weight excluding hydrogens is 364 g/mol. The summed E-state index contributed by atoms with van der Waals surface area (Å²) in [5.41, 5.74) is 8.71. The number of fused-ring (bicyclic) bond motifs is 2. The van der Waals surface area contributed by atoms with Gasteiger partial charge in [0.05, 0.1) is 12.0 Å². The molecule has 0 radical (unpaired) electrons. The van der Waals surface area contributed by atoms with Crippen molar-refractivity contribution in [3.63, 3.8) is 0 Å². The lowest BCUT2D eigenvalue weighted by Crippen LogP contribution is -2.45. The largest absolute Gasteiger partial charge is 0.349 e. The highest BCUT2D eigenvalue weighted by atomic mass is 16.2. The Kier molecular flexibility index (Phi) is 5.53. The number of rotatable bonds is 5. The molecule has 152 valence electrons. The van der Waals surface area contributed by atoms with Crippen LogP contribution in [0.3, 0.4) is 0 Å². The topological polar surface area (TPSA) is 96.2 Å². The summed E-state index contributed by atoms with van der Waals surface area (Å²) in [7, 11) is 0. The fourth-order valence-corrected chi connectivity index (χ4v) is 4.79. The lowest BCUT2D eigenvalue weighted by molar-refractivity contribution is -0.127. The van der Waals surface area contributed by atoms with Crippen LogP contribution in [0, 0.1) is 17.8 Å². The number of amides is 3. The maximum Gasteiger partial charge on any atom is 0.323 e. The van der Waals surface area contributed by atoms with Gasteiger partial charge in [-0.15, -0.1) is 0 Å². The van der Waals surface area contributed by atoms with Gasteiger partial charge in [-0.3, -0.25) is 4.79 Å². The Labute approximate surface area is 171 Å². The van der Waals surface area contributed by atoms with E-state index in [1.807, 2.05) is 61.5 Å². The van der Waals surface area contributed by atoms with Crippen LogP contribution in [-0.2, 0) is 4.79 Å². The summed E-state index contributed by atoms with van der Waals surface area (Å²) in [5.74, 6) is 0.968. The van der Waals surface area contributed by atoms with E-state index in [-0.39, 0.29) is 29.9 Å². The molecule has 2 fully saturated rings. The van der Waals surface area contributed by atoms with Crippen molar-refractivity contribution in [3.05, 3.63) is 60.2 Å². The van der Waals surface area contributed by atoms with Crippen LogP contribution in [0.15, 0.2) is 54.6 Å². The fraction of sp³-hybridized carbons (Fsp3) is 0.391. The predicted octanol–water partition coefficient (Wildman–Crippen LogP) is 3.88. The minimum atomic E-state index is -0.296. The number of carbonyl (C=O) groups is 2. The molecule has 4 rings (SSSR count). The summed E-state index contributed by atoms with van der Waals surface area (Å²) in [6, 6.07) is 16.4. The minimum absolute atomic E-state index is 0.00403. The van der Waals surface area contributed by atoms with Gasteiger partial charge in [0.2, 0.25) is 5.91 Å². The molecule has 6 heteroatoms. The highest BCUT2D eigenvalue weighted by Gasteiger charge is 2.49. The molecule has 0 aromatic heterocycles. The average molecular weight is 393 g/mol. The molecule has 2 bridgehead atoms. The molecule has 0 spiro atoms. The van der Waals surface area contributed by atoms with Gasteiger partial charge in [-0.2, -0.15) is 0 Å². The molecule has 2 saturated carbocycles. The monoisotopic (exact) mass is 392 g/mol. The molecule has 5 atom stereocenters. The van der Waals surface area contributed by atoms with Gasteiger partial charge >= 0.3 is 6.03 Å². The summed E-state index contributed by atoms with van der Waals surface area (Å²) in [4.78, 5) is 24.9. The number of urea groups is 1. The summed E-state index contributed by atoms with van der Waals surface area (Å²) in [5, 5.41) is 8.72. The third-order valence-corrected chi connectivity index (χ3v) is 6.34. The summed E-state index contributed by atoms with van der Waals surface area (Å²) < 4.78 is 0. The van der Waals surface area contributed by atoms with Crippen LogP contribution in [0.25, 0.3) is 0 Å². The first kappa shape index (κ1) is 19.5. The van der Waals surface area contributed by atoms with Crippen molar-refractivity contribution in [1.82, 2.24) is 5.32 Å². The predicted molar refractivity (Wildman–Crippen MR) is 114 cm³/mol. The Balaban J connectivity index is 1.31. The summed E-state index contributed by atoms with van der Waals surface area (Å²) in [6.07, 6.45) is 3.38. The average Bonchev–Trinajstić information content (AvgIpc) is 3.30. The van der Waals surface area contributed by atoms with Gasteiger partial charge in [0.1, 0.15) is 0 Å².